The van der Waals surface area contributed by atoms with E-state index in [9.17, 15) is 0 Å². The first kappa shape index (κ1) is 13.4. The molecular formula is C15H19N3O. The van der Waals surface area contributed by atoms with Crippen molar-refractivity contribution in [2.24, 2.45) is 5.73 Å². The highest BCUT2D eigenvalue weighted by Gasteiger charge is 2.17. The Morgan fingerprint density at radius 1 is 1.11 bits per heavy atom. The fourth-order valence-corrected chi connectivity index (χ4v) is 2.09. The van der Waals surface area contributed by atoms with Crippen molar-refractivity contribution in [1.29, 1.82) is 0 Å². The Hall–Kier alpha value is -2.07. The number of nitrogens with zero attached hydrogens (tertiary/aromatic N) is 1. The standard InChI is InChI=1S/C15H19N3O/c1-9-4-5-11(13(7-9)19-3)14(16)12-6-10(2)8-18-15(12)17/h4-8,14H,16H2,1-3H3,(H2,17,18). The number of nitrogens with two attached hydrogens (primary N) is 2. The van der Waals surface area contributed by atoms with Gasteiger partial charge < -0.3 is 16.2 Å². The van der Waals surface area contributed by atoms with E-state index in [1.807, 2.05) is 38.1 Å². The van der Waals surface area contributed by atoms with Gasteiger partial charge in [0, 0.05) is 17.3 Å². The van der Waals surface area contributed by atoms with Crippen molar-refractivity contribution < 1.29 is 4.74 Å². The number of hydrogen-bond donors (Lipinski definition) is 2. The highest BCUT2D eigenvalue weighted by atomic mass is 16.5. The van der Waals surface area contributed by atoms with Gasteiger partial charge in [-0.15, -0.1) is 0 Å². The molecule has 0 fully saturated rings. The predicted molar refractivity (Wildman–Crippen MR) is 77.1 cm³/mol. The molecule has 2 rings (SSSR count). The lowest BCUT2D eigenvalue weighted by atomic mass is 9.97. The lowest BCUT2D eigenvalue weighted by molar-refractivity contribution is 0.407. The van der Waals surface area contributed by atoms with Crippen LogP contribution >= 0.6 is 0 Å². The van der Waals surface area contributed by atoms with Crippen LogP contribution in [0.2, 0.25) is 0 Å². The van der Waals surface area contributed by atoms with E-state index in [0.29, 0.717) is 5.82 Å². The van der Waals surface area contributed by atoms with E-state index >= 15 is 0 Å². The third-order valence-electron chi connectivity index (χ3n) is 3.15. The van der Waals surface area contributed by atoms with Gasteiger partial charge in [0.15, 0.2) is 0 Å². The Balaban J connectivity index is 2.49. The van der Waals surface area contributed by atoms with Gasteiger partial charge in [-0.05, 0) is 37.1 Å². The Labute approximate surface area is 113 Å². The van der Waals surface area contributed by atoms with Crippen LogP contribution in [0.5, 0.6) is 5.75 Å². The average molecular weight is 257 g/mol. The molecular weight excluding hydrogens is 238 g/mol. The first-order chi connectivity index (χ1) is 9.02. The topological polar surface area (TPSA) is 74.2 Å². The quantitative estimate of drug-likeness (QED) is 0.885. The number of methoxy groups -OCH3 is 1. The summed E-state index contributed by atoms with van der Waals surface area (Å²) in [5.74, 6) is 1.23. The second kappa shape index (κ2) is 5.28. The third kappa shape index (κ3) is 2.69. The van der Waals surface area contributed by atoms with Crippen LogP contribution in [-0.2, 0) is 0 Å². The van der Waals surface area contributed by atoms with Crippen LogP contribution < -0.4 is 16.2 Å². The molecule has 0 bridgehead atoms. The van der Waals surface area contributed by atoms with Crippen LogP contribution in [0.4, 0.5) is 5.82 Å². The van der Waals surface area contributed by atoms with E-state index in [1.165, 1.54) is 0 Å². The molecule has 4 nitrogen and oxygen atoms in total. The first-order valence-electron chi connectivity index (χ1n) is 6.15. The van der Waals surface area contributed by atoms with Gasteiger partial charge in [0.05, 0.1) is 13.2 Å². The Bertz CT molecular complexity index is 596. The molecule has 1 aromatic heterocycles. The Morgan fingerprint density at radius 2 is 1.84 bits per heavy atom. The van der Waals surface area contributed by atoms with Gasteiger partial charge in [-0.25, -0.2) is 4.98 Å². The van der Waals surface area contributed by atoms with E-state index in [2.05, 4.69) is 4.98 Å². The van der Waals surface area contributed by atoms with Gasteiger partial charge in [-0.1, -0.05) is 12.1 Å². The zero-order valence-corrected chi connectivity index (χ0v) is 11.5. The highest BCUT2D eigenvalue weighted by molar-refractivity contribution is 5.50. The van der Waals surface area contributed by atoms with Gasteiger partial charge in [-0.2, -0.15) is 0 Å². The molecule has 0 aliphatic carbocycles. The second-order valence-corrected chi connectivity index (χ2v) is 4.71. The van der Waals surface area contributed by atoms with Crippen LogP contribution in [-0.4, -0.2) is 12.1 Å². The van der Waals surface area contributed by atoms with Crippen molar-refractivity contribution in [1.82, 2.24) is 4.98 Å². The summed E-state index contributed by atoms with van der Waals surface area (Å²) in [5, 5.41) is 0. The summed E-state index contributed by atoms with van der Waals surface area (Å²) in [6.45, 7) is 3.98. The van der Waals surface area contributed by atoms with Crippen molar-refractivity contribution in [3.8, 4) is 5.75 Å². The number of pyridine rings is 1. The highest BCUT2D eigenvalue weighted by Crippen LogP contribution is 2.31. The van der Waals surface area contributed by atoms with Crippen LogP contribution in [0, 0.1) is 13.8 Å². The molecule has 0 saturated heterocycles. The summed E-state index contributed by atoms with van der Waals surface area (Å²) in [6.07, 6.45) is 1.73. The molecule has 0 spiro atoms. The zero-order valence-electron chi connectivity index (χ0n) is 11.5. The van der Waals surface area contributed by atoms with Crippen molar-refractivity contribution in [2.75, 3.05) is 12.8 Å². The molecule has 0 amide bonds. The second-order valence-electron chi connectivity index (χ2n) is 4.71. The molecule has 4 heteroatoms. The van der Waals surface area contributed by atoms with Gasteiger partial charge >= 0.3 is 0 Å². The maximum absolute atomic E-state index is 6.31. The summed E-state index contributed by atoms with van der Waals surface area (Å²) in [4.78, 5) is 4.16. The molecule has 1 aromatic carbocycles. The third-order valence-corrected chi connectivity index (χ3v) is 3.15. The molecule has 0 aliphatic heterocycles. The summed E-state index contributed by atoms with van der Waals surface area (Å²) < 4.78 is 5.40. The zero-order chi connectivity index (χ0) is 14.0. The molecule has 4 N–H and O–H groups in total. The molecule has 0 aliphatic rings. The fourth-order valence-electron chi connectivity index (χ4n) is 2.09. The largest absolute Gasteiger partial charge is 0.496 e. The predicted octanol–water partition coefficient (Wildman–Crippen LogP) is 2.34. The summed E-state index contributed by atoms with van der Waals surface area (Å²) >= 11 is 0. The summed E-state index contributed by atoms with van der Waals surface area (Å²) in [7, 11) is 1.64. The number of aromatic nitrogens is 1. The smallest absolute Gasteiger partial charge is 0.128 e. The van der Waals surface area contributed by atoms with Crippen molar-refractivity contribution in [3.05, 3.63) is 52.7 Å². The lowest BCUT2D eigenvalue weighted by Gasteiger charge is -2.18. The van der Waals surface area contributed by atoms with Crippen LogP contribution in [0.25, 0.3) is 0 Å². The molecule has 1 heterocycles. The number of hydrogen-bond acceptors (Lipinski definition) is 4. The van der Waals surface area contributed by atoms with Gasteiger partial charge in [0.1, 0.15) is 11.6 Å². The first-order valence-corrected chi connectivity index (χ1v) is 6.15. The SMILES string of the molecule is COc1cc(C)ccc1C(N)c1cc(C)cnc1N. The van der Waals surface area contributed by atoms with Crippen LogP contribution in [0.3, 0.4) is 0 Å². The molecule has 1 unspecified atom stereocenters. The maximum Gasteiger partial charge on any atom is 0.128 e. The molecule has 0 radical (unpaired) electrons. The lowest BCUT2D eigenvalue weighted by Crippen LogP contribution is -2.16. The monoisotopic (exact) mass is 257 g/mol. The van der Waals surface area contributed by atoms with Crippen molar-refractivity contribution in [2.45, 2.75) is 19.9 Å². The summed E-state index contributed by atoms with van der Waals surface area (Å²) in [6, 6.07) is 7.57. The molecule has 0 saturated carbocycles. The van der Waals surface area contributed by atoms with Crippen LogP contribution in [0.1, 0.15) is 28.3 Å². The minimum absolute atomic E-state index is 0.344. The number of benzene rings is 1. The number of aryl methyl sites for hydroxylation is 2. The van der Waals surface area contributed by atoms with Crippen molar-refractivity contribution >= 4 is 5.82 Å². The van der Waals surface area contributed by atoms with E-state index in [-0.39, 0.29) is 6.04 Å². The number of nitrogen functional groups attached to an aromatic ring is 1. The Morgan fingerprint density at radius 3 is 2.53 bits per heavy atom. The fraction of sp³-hybridized carbons (Fsp3) is 0.267. The molecule has 2 aromatic rings. The van der Waals surface area contributed by atoms with Gasteiger partial charge in [0.25, 0.3) is 0 Å². The van der Waals surface area contributed by atoms with E-state index in [4.69, 9.17) is 16.2 Å². The summed E-state index contributed by atoms with van der Waals surface area (Å²) in [5.41, 5.74) is 16.1. The van der Waals surface area contributed by atoms with Gasteiger partial charge in [0.2, 0.25) is 0 Å². The Kier molecular flexibility index (Phi) is 3.71. The maximum atomic E-state index is 6.31. The average Bonchev–Trinajstić information content (AvgIpc) is 2.40. The normalized spacial score (nSPS) is 12.2. The minimum Gasteiger partial charge on any atom is -0.496 e. The number of anilines is 1. The number of rotatable bonds is 3. The van der Waals surface area contributed by atoms with Crippen molar-refractivity contribution in [3.63, 3.8) is 0 Å². The van der Waals surface area contributed by atoms with Crippen LogP contribution in [0.15, 0.2) is 30.5 Å². The molecule has 19 heavy (non-hydrogen) atoms. The van der Waals surface area contributed by atoms with E-state index in [0.717, 1.165) is 28.0 Å². The number of ether oxygens (including phenoxy) is 1. The molecule has 100 valence electrons. The molecule has 1 atom stereocenters. The van der Waals surface area contributed by atoms with E-state index in [1.54, 1.807) is 13.3 Å². The minimum atomic E-state index is -0.344. The van der Waals surface area contributed by atoms with Gasteiger partial charge in [-0.3, -0.25) is 0 Å². The van der Waals surface area contributed by atoms with E-state index < -0.39 is 0 Å².